The fourth-order valence-corrected chi connectivity index (χ4v) is 1.76. The van der Waals surface area contributed by atoms with Crippen LogP contribution in [0.1, 0.15) is 19.8 Å². The molecule has 0 N–H and O–H groups in total. The topological polar surface area (TPSA) is 119 Å². The van der Waals surface area contributed by atoms with Gasteiger partial charge in [-0.2, -0.15) is 35.1 Å². The number of halogens is 8. The number of carbonyl (C=O) groups excluding carboxylic acids is 2. The Hall–Kier alpha value is -2.01. The van der Waals surface area contributed by atoms with Gasteiger partial charge in [-0.15, -0.1) is 0 Å². The summed E-state index contributed by atoms with van der Waals surface area (Å²) in [6, 6.07) is 0. The van der Waals surface area contributed by atoms with Gasteiger partial charge in [-0.1, -0.05) is 13.5 Å². The van der Waals surface area contributed by atoms with Gasteiger partial charge in [-0.05, 0) is 6.42 Å². The summed E-state index contributed by atoms with van der Waals surface area (Å²) in [7, 11) is -6.38. The molecular formula is C13H13F8O8S-. The zero-order valence-corrected chi connectivity index (χ0v) is 15.5. The molecule has 0 aliphatic rings. The maximum absolute atomic E-state index is 13.4. The molecule has 0 amide bonds. The minimum Gasteiger partial charge on any atom is -0.743 e. The number of carbonyl (C=O) groups is 2. The Morgan fingerprint density at radius 2 is 1.50 bits per heavy atom. The van der Waals surface area contributed by atoms with E-state index in [1.807, 2.05) is 0 Å². The molecule has 1 unspecified atom stereocenters. The Morgan fingerprint density at radius 1 is 1.00 bits per heavy atom. The van der Waals surface area contributed by atoms with Gasteiger partial charge >= 0.3 is 35.3 Å². The molecule has 30 heavy (non-hydrogen) atoms. The Kier molecular flexibility index (Phi) is 8.79. The lowest BCUT2D eigenvalue weighted by atomic mass is 10.2. The fourth-order valence-electron chi connectivity index (χ4n) is 1.42. The smallest absolute Gasteiger partial charge is 0.468 e. The number of hydrogen-bond acceptors (Lipinski definition) is 8. The van der Waals surface area contributed by atoms with Crippen molar-refractivity contribution >= 4 is 22.1 Å². The predicted octanol–water partition coefficient (Wildman–Crippen LogP) is 2.40. The average Bonchev–Trinajstić information content (AvgIpc) is 2.54. The highest BCUT2D eigenvalue weighted by Crippen LogP contribution is 2.39. The molecule has 0 bridgehead atoms. The fraction of sp³-hybridized carbons (Fsp3) is 0.692. The number of alkyl halides is 8. The van der Waals surface area contributed by atoms with Crippen LogP contribution in [0.15, 0.2) is 12.2 Å². The minimum absolute atomic E-state index is 0.130. The molecule has 0 spiro atoms. The van der Waals surface area contributed by atoms with Gasteiger partial charge in [0.25, 0.3) is 0 Å². The highest BCUT2D eigenvalue weighted by atomic mass is 32.2. The molecule has 0 fully saturated rings. The molecule has 176 valence electrons. The monoisotopic (exact) mass is 481 g/mol. The van der Waals surface area contributed by atoms with Crippen molar-refractivity contribution in [2.75, 3.05) is 13.2 Å². The van der Waals surface area contributed by atoms with Crippen LogP contribution in [-0.4, -0.2) is 61.5 Å². The van der Waals surface area contributed by atoms with Crippen LogP contribution in [0, 0.1) is 0 Å². The van der Waals surface area contributed by atoms with Crippen LogP contribution in [0.3, 0.4) is 0 Å². The van der Waals surface area contributed by atoms with Crippen LogP contribution in [0.25, 0.3) is 0 Å². The van der Waals surface area contributed by atoms with Crippen LogP contribution in [0.4, 0.5) is 35.1 Å². The average molecular weight is 481 g/mol. The van der Waals surface area contributed by atoms with Gasteiger partial charge < -0.3 is 18.8 Å². The number of ether oxygens (including phenoxy) is 3. The van der Waals surface area contributed by atoms with E-state index in [9.17, 15) is 57.7 Å². The first-order chi connectivity index (χ1) is 13.2. The SMILES string of the molecule is C=C(C(=O)OC(OCCC(F)(F)S(=O)(=O)[O-])(C(=O)OCCC)C(F)(F)F)C(F)(F)F. The van der Waals surface area contributed by atoms with Crippen LogP contribution in [0.5, 0.6) is 0 Å². The minimum atomic E-state index is -6.38. The van der Waals surface area contributed by atoms with Crippen LogP contribution in [0.2, 0.25) is 0 Å². The third-order valence-corrected chi connectivity index (χ3v) is 3.90. The van der Waals surface area contributed by atoms with Crippen LogP contribution in [-0.2, 0) is 33.9 Å². The quantitative estimate of drug-likeness (QED) is 0.154. The second kappa shape index (κ2) is 9.42. The predicted molar refractivity (Wildman–Crippen MR) is 76.5 cm³/mol. The third-order valence-electron chi connectivity index (χ3n) is 2.97. The van der Waals surface area contributed by atoms with Gasteiger partial charge in [0.05, 0.1) is 13.2 Å². The van der Waals surface area contributed by atoms with Crippen LogP contribution < -0.4 is 0 Å². The molecule has 0 aliphatic carbocycles. The van der Waals surface area contributed by atoms with E-state index in [2.05, 4.69) is 20.8 Å². The van der Waals surface area contributed by atoms with Crippen molar-refractivity contribution < 1.29 is 71.9 Å². The first kappa shape index (κ1) is 28.0. The largest absolute Gasteiger partial charge is 0.743 e. The summed E-state index contributed by atoms with van der Waals surface area (Å²) in [4.78, 5) is 23.2. The van der Waals surface area contributed by atoms with E-state index in [0.29, 0.717) is 0 Å². The molecule has 0 aliphatic heterocycles. The maximum atomic E-state index is 13.4. The second-order valence-corrected chi connectivity index (χ2v) is 6.81. The van der Waals surface area contributed by atoms with Gasteiger partial charge in [-0.25, -0.2) is 18.0 Å². The zero-order chi connectivity index (χ0) is 24.2. The molecule has 8 nitrogen and oxygen atoms in total. The maximum Gasteiger partial charge on any atom is 0.468 e. The number of rotatable bonds is 10. The second-order valence-electron chi connectivity index (χ2n) is 5.31. The molecule has 0 heterocycles. The molecule has 0 saturated heterocycles. The Labute approximate surface area is 163 Å². The first-order valence-corrected chi connectivity index (χ1v) is 8.84. The van der Waals surface area contributed by atoms with Gasteiger partial charge in [0.2, 0.25) is 0 Å². The van der Waals surface area contributed by atoms with Crippen molar-refractivity contribution in [3.63, 3.8) is 0 Å². The van der Waals surface area contributed by atoms with E-state index in [1.165, 1.54) is 6.92 Å². The van der Waals surface area contributed by atoms with Crippen molar-refractivity contribution in [2.24, 2.45) is 0 Å². The molecule has 0 aromatic heterocycles. The molecule has 0 radical (unpaired) electrons. The van der Waals surface area contributed by atoms with Gasteiger partial charge in [0, 0.05) is 6.42 Å². The lowest BCUT2D eigenvalue weighted by Gasteiger charge is -2.33. The molecule has 0 aromatic carbocycles. The summed E-state index contributed by atoms with van der Waals surface area (Å²) < 4.78 is 146. The van der Waals surface area contributed by atoms with Crippen molar-refractivity contribution in [2.45, 2.75) is 43.2 Å². The van der Waals surface area contributed by atoms with E-state index >= 15 is 0 Å². The summed E-state index contributed by atoms with van der Waals surface area (Å²) in [5, 5.41) is -5.18. The standard InChI is InChI=1S/C13H14F8O8S/c1-3-5-27-9(23)11(13(19,20)21,29-8(22)7(2)12(16,17)18)28-6-4-10(14,15)30(24,25)26/h2-6H2,1H3,(H,24,25,26)/p-1. The normalized spacial score (nSPS) is 15.3. The Bertz CT molecular complexity index is 758. The van der Waals surface area contributed by atoms with E-state index in [-0.39, 0.29) is 6.42 Å². The van der Waals surface area contributed by atoms with Crippen molar-refractivity contribution in [1.29, 1.82) is 0 Å². The highest BCUT2D eigenvalue weighted by Gasteiger charge is 2.68. The lowest BCUT2D eigenvalue weighted by molar-refractivity contribution is -0.356. The van der Waals surface area contributed by atoms with E-state index < -0.39 is 70.7 Å². The van der Waals surface area contributed by atoms with Crippen LogP contribution >= 0.6 is 0 Å². The summed E-state index contributed by atoms with van der Waals surface area (Å²) >= 11 is 0. The summed E-state index contributed by atoms with van der Waals surface area (Å²) in [6.45, 7) is 0.557. The van der Waals surface area contributed by atoms with Crippen molar-refractivity contribution in [1.82, 2.24) is 0 Å². The molecule has 1 atom stereocenters. The van der Waals surface area contributed by atoms with Crippen molar-refractivity contribution in [3.05, 3.63) is 12.2 Å². The van der Waals surface area contributed by atoms with Crippen molar-refractivity contribution in [3.8, 4) is 0 Å². The molecular weight excluding hydrogens is 468 g/mol. The molecule has 17 heteroatoms. The van der Waals surface area contributed by atoms with E-state index in [0.717, 1.165) is 0 Å². The lowest BCUT2D eigenvalue weighted by Crippen LogP contribution is -2.59. The number of esters is 2. The molecule has 0 saturated carbocycles. The first-order valence-electron chi connectivity index (χ1n) is 7.43. The molecule has 0 rings (SSSR count). The summed E-state index contributed by atoms with van der Waals surface area (Å²) in [6.07, 6.45) is -14.2. The Morgan fingerprint density at radius 3 is 1.87 bits per heavy atom. The summed E-state index contributed by atoms with van der Waals surface area (Å²) in [5.74, 6) is -10.5. The van der Waals surface area contributed by atoms with E-state index in [4.69, 9.17) is 0 Å². The summed E-state index contributed by atoms with van der Waals surface area (Å²) in [5.41, 5.74) is -2.52. The zero-order valence-electron chi connectivity index (χ0n) is 14.7. The Balaban J connectivity index is 6.06. The molecule has 0 aromatic rings. The third kappa shape index (κ3) is 6.76. The number of hydrogen-bond donors (Lipinski definition) is 0. The van der Waals surface area contributed by atoms with E-state index in [1.54, 1.807) is 0 Å². The van der Waals surface area contributed by atoms with Gasteiger partial charge in [0.15, 0.2) is 10.1 Å². The van der Waals surface area contributed by atoms with Gasteiger partial charge in [-0.3, -0.25) is 0 Å². The highest BCUT2D eigenvalue weighted by molar-refractivity contribution is 7.86. The van der Waals surface area contributed by atoms with Gasteiger partial charge in [0.1, 0.15) is 5.57 Å².